The van der Waals surface area contributed by atoms with Crippen LogP contribution in [0.5, 0.6) is 0 Å². The lowest BCUT2D eigenvalue weighted by Crippen LogP contribution is -2.43. The molecular weight excluding hydrogens is 244 g/mol. The van der Waals surface area contributed by atoms with Gasteiger partial charge in [0.15, 0.2) is 0 Å². The average Bonchev–Trinajstić information content (AvgIpc) is 2.19. The lowest BCUT2D eigenvalue weighted by atomic mass is 10.2. The monoisotopic (exact) mass is 256 g/mol. The molecule has 0 unspecified atom stereocenters. The van der Waals surface area contributed by atoms with Crippen molar-refractivity contribution in [3.05, 3.63) is 16.9 Å². The van der Waals surface area contributed by atoms with Gasteiger partial charge in [-0.25, -0.2) is 0 Å². The van der Waals surface area contributed by atoms with Crippen LogP contribution in [0, 0.1) is 0 Å². The zero-order chi connectivity index (χ0) is 9.97. The molecule has 1 aliphatic heterocycles. The van der Waals surface area contributed by atoms with Gasteiger partial charge >= 0.3 is 0 Å². The van der Waals surface area contributed by atoms with Crippen LogP contribution in [0.2, 0.25) is 0 Å². The van der Waals surface area contributed by atoms with Crippen LogP contribution in [0.15, 0.2) is 16.9 Å². The molecule has 1 saturated heterocycles. The molecule has 4 nitrogen and oxygen atoms in total. The maximum absolute atomic E-state index is 5.90. The number of hydrogen-bond donors (Lipinski definition) is 2. The van der Waals surface area contributed by atoms with Gasteiger partial charge in [0.05, 0.1) is 22.0 Å². The van der Waals surface area contributed by atoms with E-state index >= 15 is 0 Å². The quantitative estimate of drug-likeness (QED) is 0.782. The molecule has 0 aromatic carbocycles. The molecular formula is C9H13BrN4. The molecule has 3 N–H and O–H groups in total. The maximum atomic E-state index is 5.90. The van der Waals surface area contributed by atoms with Crippen LogP contribution in [0.3, 0.4) is 0 Å². The van der Waals surface area contributed by atoms with E-state index in [1.165, 1.54) is 0 Å². The predicted octanol–water partition coefficient (Wildman–Crippen LogP) is 0.836. The van der Waals surface area contributed by atoms with Crippen molar-refractivity contribution in [2.24, 2.45) is 0 Å². The van der Waals surface area contributed by atoms with Crippen LogP contribution in [-0.4, -0.2) is 31.2 Å². The summed E-state index contributed by atoms with van der Waals surface area (Å²) >= 11 is 3.48. The third-order valence-corrected chi connectivity index (χ3v) is 2.91. The standard InChI is InChI=1S/C9H13BrN4/c10-7-5-13-6-8(11)9(7)14-3-1-12-2-4-14/h5-6,12H,1-4,11H2. The molecule has 0 amide bonds. The first kappa shape index (κ1) is 9.73. The van der Waals surface area contributed by atoms with Crippen molar-refractivity contribution < 1.29 is 0 Å². The fourth-order valence-electron chi connectivity index (χ4n) is 1.67. The Hall–Kier alpha value is -0.810. The van der Waals surface area contributed by atoms with E-state index in [0.717, 1.165) is 42.0 Å². The van der Waals surface area contributed by atoms with Crippen molar-refractivity contribution >= 4 is 27.3 Å². The molecule has 0 saturated carbocycles. The minimum atomic E-state index is 0.737. The van der Waals surface area contributed by atoms with Crippen molar-refractivity contribution in [1.82, 2.24) is 10.3 Å². The highest BCUT2D eigenvalue weighted by molar-refractivity contribution is 9.10. The summed E-state index contributed by atoms with van der Waals surface area (Å²) in [5.74, 6) is 0. The number of anilines is 2. The minimum absolute atomic E-state index is 0.737. The number of nitrogen functional groups attached to an aromatic ring is 1. The number of halogens is 1. The van der Waals surface area contributed by atoms with Crippen LogP contribution in [0.1, 0.15) is 0 Å². The molecule has 14 heavy (non-hydrogen) atoms. The first-order valence-electron chi connectivity index (χ1n) is 4.63. The van der Waals surface area contributed by atoms with Crippen LogP contribution < -0.4 is 16.0 Å². The van der Waals surface area contributed by atoms with Crippen molar-refractivity contribution in [2.45, 2.75) is 0 Å². The van der Waals surface area contributed by atoms with Crippen LogP contribution in [0.4, 0.5) is 11.4 Å². The highest BCUT2D eigenvalue weighted by Gasteiger charge is 2.15. The first-order valence-corrected chi connectivity index (χ1v) is 5.43. The number of nitrogens with one attached hydrogen (secondary N) is 1. The third kappa shape index (κ3) is 1.83. The number of hydrogen-bond acceptors (Lipinski definition) is 4. The summed E-state index contributed by atoms with van der Waals surface area (Å²) in [6.07, 6.45) is 3.48. The second kappa shape index (κ2) is 4.14. The minimum Gasteiger partial charge on any atom is -0.396 e. The summed E-state index contributed by atoms with van der Waals surface area (Å²) in [6, 6.07) is 0. The van der Waals surface area contributed by atoms with Crippen LogP contribution in [0.25, 0.3) is 0 Å². The Kier molecular flexibility index (Phi) is 2.88. The Morgan fingerprint density at radius 1 is 1.36 bits per heavy atom. The maximum Gasteiger partial charge on any atom is 0.0776 e. The van der Waals surface area contributed by atoms with E-state index in [-0.39, 0.29) is 0 Å². The third-order valence-electron chi connectivity index (χ3n) is 2.33. The number of nitrogens with zero attached hydrogens (tertiary/aromatic N) is 2. The molecule has 2 heterocycles. The van der Waals surface area contributed by atoms with E-state index < -0.39 is 0 Å². The molecule has 1 fully saturated rings. The zero-order valence-electron chi connectivity index (χ0n) is 7.83. The van der Waals surface area contributed by atoms with Gasteiger partial charge in [-0.2, -0.15) is 0 Å². The van der Waals surface area contributed by atoms with Gasteiger partial charge in [0.25, 0.3) is 0 Å². The van der Waals surface area contributed by atoms with Crippen molar-refractivity contribution in [2.75, 3.05) is 36.8 Å². The molecule has 0 spiro atoms. The molecule has 76 valence electrons. The highest BCUT2D eigenvalue weighted by atomic mass is 79.9. The molecule has 0 aliphatic carbocycles. The Morgan fingerprint density at radius 3 is 2.71 bits per heavy atom. The van der Waals surface area contributed by atoms with Gasteiger partial charge in [0, 0.05) is 32.4 Å². The van der Waals surface area contributed by atoms with Gasteiger partial charge in [-0.15, -0.1) is 0 Å². The summed E-state index contributed by atoms with van der Waals surface area (Å²) < 4.78 is 0.972. The number of aromatic nitrogens is 1. The fourth-order valence-corrected chi connectivity index (χ4v) is 2.26. The Bertz CT molecular complexity index is 302. The summed E-state index contributed by atoms with van der Waals surface area (Å²) in [6.45, 7) is 4.00. The SMILES string of the molecule is Nc1cncc(Br)c1N1CCNCC1. The van der Waals surface area contributed by atoms with E-state index in [1.807, 2.05) is 0 Å². The van der Waals surface area contributed by atoms with E-state index in [4.69, 9.17) is 5.73 Å². The highest BCUT2D eigenvalue weighted by Crippen LogP contribution is 2.31. The summed E-state index contributed by atoms with van der Waals surface area (Å²) in [5.41, 5.74) is 7.71. The molecule has 1 aromatic rings. The summed E-state index contributed by atoms with van der Waals surface area (Å²) in [5, 5.41) is 3.31. The fraction of sp³-hybridized carbons (Fsp3) is 0.444. The average molecular weight is 257 g/mol. The zero-order valence-corrected chi connectivity index (χ0v) is 9.42. The van der Waals surface area contributed by atoms with Crippen molar-refractivity contribution in [3.8, 4) is 0 Å². The number of nitrogens with two attached hydrogens (primary N) is 1. The number of piperazine rings is 1. The van der Waals surface area contributed by atoms with Gasteiger partial charge < -0.3 is 16.0 Å². The largest absolute Gasteiger partial charge is 0.396 e. The second-order valence-corrected chi connectivity index (χ2v) is 4.15. The van der Waals surface area contributed by atoms with Gasteiger partial charge in [-0.3, -0.25) is 4.98 Å². The molecule has 1 aliphatic rings. The Balaban J connectivity index is 2.29. The van der Waals surface area contributed by atoms with Crippen molar-refractivity contribution in [1.29, 1.82) is 0 Å². The van der Waals surface area contributed by atoms with Gasteiger partial charge in [-0.1, -0.05) is 0 Å². The van der Waals surface area contributed by atoms with Gasteiger partial charge in [-0.05, 0) is 15.9 Å². The summed E-state index contributed by atoms with van der Waals surface area (Å²) in [7, 11) is 0. The van der Waals surface area contributed by atoms with Crippen molar-refractivity contribution in [3.63, 3.8) is 0 Å². The Labute approximate surface area is 91.6 Å². The van der Waals surface area contributed by atoms with E-state index in [1.54, 1.807) is 12.4 Å². The lowest BCUT2D eigenvalue weighted by Gasteiger charge is -2.30. The molecule has 0 radical (unpaired) electrons. The topological polar surface area (TPSA) is 54.2 Å². The molecule has 2 rings (SSSR count). The molecule has 1 aromatic heterocycles. The second-order valence-electron chi connectivity index (χ2n) is 3.30. The van der Waals surface area contributed by atoms with Crippen LogP contribution in [-0.2, 0) is 0 Å². The molecule has 0 atom stereocenters. The van der Waals surface area contributed by atoms with E-state index in [2.05, 4.69) is 31.1 Å². The van der Waals surface area contributed by atoms with Crippen LogP contribution >= 0.6 is 15.9 Å². The predicted molar refractivity (Wildman–Crippen MR) is 61.4 cm³/mol. The first-order chi connectivity index (χ1) is 6.79. The normalized spacial score (nSPS) is 17.1. The molecule has 0 bridgehead atoms. The van der Waals surface area contributed by atoms with E-state index in [0.29, 0.717) is 0 Å². The van der Waals surface area contributed by atoms with Gasteiger partial charge in [0.1, 0.15) is 0 Å². The molecule has 5 heteroatoms. The lowest BCUT2D eigenvalue weighted by molar-refractivity contribution is 0.589. The van der Waals surface area contributed by atoms with Gasteiger partial charge in [0.2, 0.25) is 0 Å². The van der Waals surface area contributed by atoms with E-state index in [9.17, 15) is 0 Å². The number of rotatable bonds is 1. The smallest absolute Gasteiger partial charge is 0.0776 e. The summed E-state index contributed by atoms with van der Waals surface area (Å²) in [4.78, 5) is 6.30. The Morgan fingerprint density at radius 2 is 2.07 bits per heavy atom. The number of pyridine rings is 1.